The summed E-state index contributed by atoms with van der Waals surface area (Å²) in [7, 11) is 1.58. The predicted octanol–water partition coefficient (Wildman–Crippen LogP) is 3.26. The summed E-state index contributed by atoms with van der Waals surface area (Å²) in [5.74, 6) is 0.434. The summed E-state index contributed by atoms with van der Waals surface area (Å²) in [5.41, 5.74) is 1.58. The van der Waals surface area contributed by atoms with E-state index in [1.165, 1.54) is 0 Å². The topological polar surface area (TPSA) is 47.4 Å². The Hall–Kier alpha value is -2.82. The molecule has 1 amide bonds. The van der Waals surface area contributed by atoms with Gasteiger partial charge in [-0.2, -0.15) is 0 Å². The molecular formula is C19H19N3O2. The molecule has 0 bridgehead atoms. The first-order valence-corrected chi connectivity index (χ1v) is 8.09. The average molecular weight is 321 g/mol. The van der Waals surface area contributed by atoms with Gasteiger partial charge in [-0.05, 0) is 36.6 Å². The number of benzene rings is 1. The fourth-order valence-electron chi connectivity index (χ4n) is 3.44. The third-order valence-corrected chi connectivity index (χ3v) is 4.72. The van der Waals surface area contributed by atoms with Crippen molar-refractivity contribution in [3.05, 3.63) is 60.0 Å². The summed E-state index contributed by atoms with van der Waals surface area (Å²) in [4.78, 5) is 19.4. The fraction of sp³-hybridized carbons (Fsp3) is 0.263. The standard InChI is InChI=1S/C19H19N3O2/c1-13-17-8-5-9-21(17)10-11-22(13)19(23)16-12-14-6-3-4-7-15(14)18(20-16)24-2/h3-9,12-13H,10-11H2,1-2H3. The molecule has 5 nitrogen and oxygen atoms in total. The number of methoxy groups -OCH3 is 1. The minimum atomic E-state index is -0.0565. The number of nitrogens with zero attached hydrogens (tertiary/aromatic N) is 3. The molecule has 0 N–H and O–H groups in total. The molecule has 0 spiro atoms. The van der Waals surface area contributed by atoms with Crippen LogP contribution in [-0.2, 0) is 6.54 Å². The van der Waals surface area contributed by atoms with Gasteiger partial charge in [0.15, 0.2) is 0 Å². The summed E-state index contributed by atoms with van der Waals surface area (Å²) in [5, 5.41) is 1.87. The van der Waals surface area contributed by atoms with Gasteiger partial charge >= 0.3 is 0 Å². The number of carbonyl (C=O) groups excluding carboxylic acids is 1. The molecule has 3 heterocycles. The van der Waals surface area contributed by atoms with Gasteiger partial charge in [0.05, 0.1) is 13.2 Å². The largest absolute Gasteiger partial charge is 0.481 e. The number of hydrogen-bond donors (Lipinski definition) is 0. The van der Waals surface area contributed by atoms with E-state index in [0.29, 0.717) is 18.1 Å². The molecule has 24 heavy (non-hydrogen) atoms. The molecule has 1 atom stereocenters. The Morgan fingerprint density at radius 1 is 1.21 bits per heavy atom. The molecule has 1 unspecified atom stereocenters. The van der Waals surface area contributed by atoms with Crippen molar-refractivity contribution in [2.45, 2.75) is 19.5 Å². The first-order valence-electron chi connectivity index (χ1n) is 8.09. The molecule has 1 aliphatic rings. The van der Waals surface area contributed by atoms with Crippen LogP contribution >= 0.6 is 0 Å². The van der Waals surface area contributed by atoms with Crippen molar-refractivity contribution in [2.75, 3.05) is 13.7 Å². The number of carbonyl (C=O) groups is 1. The van der Waals surface area contributed by atoms with Crippen LogP contribution in [0.5, 0.6) is 5.88 Å². The maximum atomic E-state index is 13.1. The monoisotopic (exact) mass is 321 g/mol. The van der Waals surface area contributed by atoms with E-state index in [2.05, 4.69) is 28.7 Å². The van der Waals surface area contributed by atoms with Gasteiger partial charge in [-0.25, -0.2) is 4.98 Å². The number of pyridine rings is 1. The minimum absolute atomic E-state index is 0.0283. The first-order chi connectivity index (χ1) is 11.7. The zero-order valence-corrected chi connectivity index (χ0v) is 13.8. The second kappa shape index (κ2) is 5.67. The normalized spacial score (nSPS) is 16.9. The van der Waals surface area contributed by atoms with Gasteiger partial charge < -0.3 is 14.2 Å². The number of ether oxygens (including phenoxy) is 1. The third-order valence-electron chi connectivity index (χ3n) is 4.72. The molecule has 4 rings (SSSR count). The van der Waals surface area contributed by atoms with Gasteiger partial charge in [-0.3, -0.25) is 4.79 Å². The Bertz CT molecular complexity index is 916. The molecule has 0 radical (unpaired) electrons. The van der Waals surface area contributed by atoms with Crippen molar-refractivity contribution < 1.29 is 9.53 Å². The Morgan fingerprint density at radius 2 is 2.04 bits per heavy atom. The maximum absolute atomic E-state index is 13.1. The molecule has 0 aliphatic carbocycles. The van der Waals surface area contributed by atoms with Crippen LogP contribution < -0.4 is 4.74 Å². The van der Waals surface area contributed by atoms with Crippen LogP contribution in [0, 0.1) is 0 Å². The predicted molar refractivity (Wildman–Crippen MR) is 92.2 cm³/mol. The van der Waals surface area contributed by atoms with Crippen LogP contribution in [0.2, 0.25) is 0 Å². The van der Waals surface area contributed by atoms with E-state index in [9.17, 15) is 4.79 Å². The second-order valence-corrected chi connectivity index (χ2v) is 6.04. The molecule has 0 saturated heterocycles. The van der Waals surface area contributed by atoms with Crippen molar-refractivity contribution in [3.8, 4) is 5.88 Å². The molecule has 1 aromatic carbocycles. The van der Waals surface area contributed by atoms with Crippen LogP contribution in [0.1, 0.15) is 29.1 Å². The van der Waals surface area contributed by atoms with Crippen molar-refractivity contribution in [1.82, 2.24) is 14.5 Å². The van der Waals surface area contributed by atoms with Crippen LogP contribution in [-0.4, -0.2) is 34.0 Å². The number of fused-ring (bicyclic) bond motifs is 2. The summed E-state index contributed by atoms with van der Waals surface area (Å²) in [6.07, 6.45) is 2.06. The van der Waals surface area contributed by atoms with Gasteiger partial charge in [-0.15, -0.1) is 0 Å². The summed E-state index contributed by atoms with van der Waals surface area (Å²) in [6.45, 7) is 3.54. The molecule has 2 aromatic heterocycles. The maximum Gasteiger partial charge on any atom is 0.273 e. The summed E-state index contributed by atoms with van der Waals surface area (Å²) < 4.78 is 7.59. The van der Waals surface area contributed by atoms with E-state index in [1.807, 2.05) is 41.3 Å². The molecule has 122 valence electrons. The van der Waals surface area contributed by atoms with E-state index in [-0.39, 0.29) is 11.9 Å². The van der Waals surface area contributed by atoms with Crippen molar-refractivity contribution >= 4 is 16.7 Å². The molecule has 3 aromatic rings. The van der Waals surface area contributed by atoms with Crippen molar-refractivity contribution in [1.29, 1.82) is 0 Å². The average Bonchev–Trinajstić information content (AvgIpc) is 3.10. The highest BCUT2D eigenvalue weighted by Gasteiger charge is 2.29. The zero-order chi connectivity index (χ0) is 16.7. The molecule has 0 saturated carbocycles. The Balaban J connectivity index is 1.74. The quantitative estimate of drug-likeness (QED) is 0.728. The van der Waals surface area contributed by atoms with E-state index in [0.717, 1.165) is 23.0 Å². The first kappa shape index (κ1) is 14.8. The molecular weight excluding hydrogens is 302 g/mol. The van der Waals surface area contributed by atoms with Crippen LogP contribution in [0.3, 0.4) is 0 Å². The van der Waals surface area contributed by atoms with Gasteiger partial charge in [0.25, 0.3) is 5.91 Å². The zero-order valence-electron chi connectivity index (χ0n) is 13.8. The lowest BCUT2D eigenvalue weighted by Gasteiger charge is -2.34. The van der Waals surface area contributed by atoms with E-state index in [1.54, 1.807) is 7.11 Å². The van der Waals surface area contributed by atoms with Crippen LogP contribution in [0.15, 0.2) is 48.7 Å². The lowest BCUT2D eigenvalue weighted by molar-refractivity contribution is 0.0637. The third kappa shape index (κ3) is 2.24. The van der Waals surface area contributed by atoms with E-state index in [4.69, 9.17) is 4.74 Å². The van der Waals surface area contributed by atoms with Crippen LogP contribution in [0.4, 0.5) is 0 Å². The summed E-state index contributed by atoms with van der Waals surface area (Å²) >= 11 is 0. The van der Waals surface area contributed by atoms with E-state index < -0.39 is 0 Å². The van der Waals surface area contributed by atoms with Crippen LogP contribution in [0.25, 0.3) is 10.8 Å². The highest BCUT2D eigenvalue weighted by molar-refractivity contribution is 5.98. The minimum Gasteiger partial charge on any atom is -0.481 e. The van der Waals surface area contributed by atoms with Crippen molar-refractivity contribution in [2.24, 2.45) is 0 Å². The lowest BCUT2D eigenvalue weighted by atomic mass is 10.1. The number of amides is 1. The highest BCUT2D eigenvalue weighted by atomic mass is 16.5. The van der Waals surface area contributed by atoms with Crippen molar-refractivity contribution in [3.63, 3.8) is 0 Å². The number of aromatic nitrogens is 2. The van der Waals surface area contributed by atoms with Gasteiger partial charge in [-0.1, -0.05) is 18.2 Å². The van der Waals surface area contributed by atoms with Gasteiger partial charge in [0.2, 0.25) is 5.88 Å². The fourth-order valence-corrected chi connectivity index (χ4v) is 3.44. The Kier molecular flexibility index (Phi) is 3.49. The molecule has 5 heteroatoms. The number of hydrogen-bond acceptors (Lipinski definition) is 3. The molecule has 0 fully saturated rings. The van der Waals surface area contributed by atoms with Gasteiger partial charge in [0.1, 0.15) is 5.69 Å². The SMILES string of the molecule is COc1nc(C(=O)N2CCn3cccc3C2C)cc2ccccc12. The number of rotatable bonds is 2. The Labute approximate surface area is 140 Å². The summed E-state index contributed by atoms with van der Waals surface area (Å²) in [6, 6.07) is 13.8. The lowest BCUT2D eigenvalue weighted by Crippen LogP contribution is -2.41. The highest BCUT2D eigenvalue weighted by Crippen LogP contribution is 2.29. The second-order valence-electron chi connectivity index (χ2n) is 6.04. The smallest absolute Gasteiger partial charge is 0.273 e. The van der Waals surface area contributed by atoms with E-state index >= 15 is 0 Å². The molecule has 1 aliphatic heterocycles. The Morgan fingerprint density at radius 3 is 2.88 bits per heavy atom. The van der Waals surface area contributed by atoms with Gasteiger partial charge in [0, 0.05) is 30.4 Å².